The monoisotopic (exact) mass is 376 g/mol. The molecule has 0 aromatic carbocycles. The summed E-state index contributed by atoms with van der Waals surface area (Å²) in [6.45, 7) is 8.48. The fraction of sp³-hybridized carbons (Fsp3) is 0.667. The van der Waals surface area contributed by atoms with Crippen molar-refractivity contribution in [3.8, 4) is 0 Å². The molecule has 0 N–H and O–H groups in total. The topological polar surface area (TPSA) is 89.5 Å². The summed E-state index contributed by atoms with van der Waals surface area (Å²) < 4.78 is 12.2. The minimum atomic E-state index is -0.0509. The Balaban J connectivity index is 1.68. The van der Waals surface area contributed by atoms with E-state index in [9.17, 15) is 4.79 Å². The first-order valence-electron chi connectivity index (χ1n) is 9.42. The molecule has 1 amide bonds. The van der Waals surface area contributed by atoms with Crippen LogP contribution in [0, 0.1) is 5.92 Å². The highest BCUT2D eigenvalue weighted by Gasteiger charge is 2.31. The number of amides is 1. The zero-order valence-electron chi connectivity index (χ0n) is 16.2. The minimum Gasteiger partial charge on any atom is -0.459 e. The molecule has 2 aromatic rings. The van der Waals surface area contributed by atoms with E-state index in [4.69, 9.17) is 9.15 Å². The van der Waals surface area contributed by atoms with Crippen LogP contribution >= 0.6 is 0 Å². The molecule has 3 heterocycles. The molecule has 0 radical (unpaired) electrons. The number of carbonyl (C=O) groups is 1. The van der Waals surface area contributed by atoms with E-state index >= 15 is 0 Å². The molecule has 1 aliphatic heterocycles. The second-order valence-electron chi connectivity index (χ2n) is 7.20. The Kier molecular flexibility index (Phi) is 6.57. The summed E-state index contributed by atoms with van der Waals surface area (Å²) in [5.41, 5.74) is 0. The molecule has 1 aliphatic rings. The average molecular weight is 376 g/mol. The highest BCUT2D eigenvalue weighted by Crippen LogP contribution is 2.27. The largest absolute Gasteiger partial charge is 0.459 e. The minimum absolute atomic E-state index is 0.0509. The van der Waals surface area contributed by atoms with Gasteiger partial charge in [-0.25, -0.2) is 4.68 Å². The van der Waals surface area contributed by atoms with Crippen LogP contribution in [-0.4, -0.2) is 75.8 Å². The van der Waals surface area contributed by atoms with Crippen LogP contribution < -0.4 is 0 Å². The smallest absolute Gasteiger partial charge is 0.289 e. The fourth-order valence-electron chi connectivity index (χ4n) is 3.44. The third-order valence-electron chi connectivity index (χ3n) is 4.83. The average Bonchev–Trinajstić information content (AvgIpc) is 3.35. The van der Waals surface area contributed by atoms with E-state index in [0.717, 1.165) is 25.3 Å². The van der Waals surface area contributed by atoms with Crippen LogP contribution in [0.5, 0.6) is 0 Å². The Hall–Kier alpha value is -2.26. The maximum absolute atomic E-state index is 12.5. The van der Waals surface area contributed by atoms with Crippen molar-refractivity contribution in [3.05, 3.63) is 30.0 Å². The van der Waals surface area contributed by atoms with Crippen molar-refractivity contribution in [1.82, 2.24) is 30.0 Å². The van der Waals surface area contributed by atoms with Crippen molar-refractivity contribution in [3.63, 3.8) is 0 Å². The first-order valence-corrected chi connectivity index (χ1v) is 9.42. The maximum Gasteiger partial charge on any atom is 0.289 e. The van der Waals surface area contributed by atoms with Crippen LogP contribution in [0.3, 0.4) is 0 Å². The second kappa shape index (κ2) is 9.09. The van der Waals surface area contributed by atoms with E-state index in [2.05, 4.69) is 34.3 Å². The molecule has 1 atom stereocenters. The summed E-state index contributed by atoms with van der Waals surface area (Å²) in [6.07, 6.45) is 2.49. The lowest BCUT2D eigenvalue weighted by molar-refractivity contribution is 0.0497. The number of furan rings is 1. The summed E-state index contributed by atoms with van der Waals surface area (Å²) in [4.78, 5) is 16.7. The molecule has 9 heteroatoms. The van der Waals surface area contributed by atoms with E-state index in [-0.39, 0.29) is 11.9 Å². The van der Waals surface area contributed by atoms with Gasteiger partial charge >= 0.3 is 0 Å². The quantitative estimate of drug-likeness (QED) is 0.689. The summed E-state index contributed by atoms with van der Waals surface area (Å²) in [5.74, 6) is 1.72. The molecule has 0 spiro atoms. The van der Waals surface area contributed by atoms with Crippen molar-refractivity contribution in [2.75, 3.05) is 39.9 Å². The van der Waals surface area contributed by atoms with Gasteiger partial charge in [0.25, 0.3) is 5.91 Å². The number of rotatable bonds is 8. The van der Waals surface area contributed by atoms with E-state index < -0.39 is 0 Å². The van der Waals surface area contributed by atoms with Crippen molar-refractivity contribution >= 4 is 5.91 Å². The summed E-state index contributed by atoms with van der Waals surface area (Å²) in [7, 11) is 1.67. The lowest BCUT2D eigenvalue weighted by atomic mass is 10.0. The summed E-state index contributed by atoms with van der Waals surface area (Å²) in [5, 5.41) is 12.3. The third kappa shape index (κ3) is 4.72. The Labute approximate surface area is 159 Å². The van der Waals surface area contributed by atoms with Gasteiger partial charge in [-0.15, -0.1) is 5.10 Å². The molecule has 9 nitrogen and oxygen atoms in total. The van der Waals surface area contributed by atoms with Gasteiger partial charge in [-0.1, -0.05) is 13.8 Å². The normalized spacial score (nSPS) is 16.8. The molecule has 148 valence electrons. The van der Waals surface area contributed by atoms with E-state index in [1.807, 2.05) is 9.58 Å². The molecule has 1 saturated heterocycles. The molecule has 0 saturated carbocycles. The number of tetrazole rings is 1. The van der Waals surface area contributed by atoms with Crippen molar-refractivity contribution < 1.29 is 13.9 Å². The predicted octanol–water partition coefficient (Wildman–Crippen LogP) is 1.46. The van der Waals surface area contributed by atoms with Crippen LogP contribution in [-0.2, 0) is 11.3 Å². The molecule has 2 aromatic heterocycles. The lowest BCUT2D eigenvalue weighted by Gasteiger charge is -2.39. The number of carbonyl (C=O) groups excluding carboxylic acids is 1. The number of methoxy groups -OCH3 is 1. The Morgan fingerprint density at radius 2 is 2.07 bits per heavy atom. The molecular formula is C18H28N6O3. The first kappa shape index (κ1) is 19.5. The van der Waals surface area contributed by atoms with Crippen LogP contribution in [0.1, 0.15) is 42.7 Å². The van der Waals surface area contributed by atoms with Gasteiger partial charge in [-0.05, 0) is 34.9 Å². The van der Waals surface area contributed by atoms with E-state index in [1.54, 1.807) is 19.2 Å². The van der Waals surface area contributed by atoms with Crippen molar-refractivity contribution in [2.24, 2.45) is 5.92 Å². The molecule has 3 rings (SSSR count). The van der Waals surface area contributed by atoms with Crippen LogP contribution in [0.2, 0.25) is 0 Å². The number of hydrogen-bond acceptors (Lipinski definition) is 7. The van der Waals surface area contributed by atoms with Crippen LogP contribution in [0.4, 0.5) is 0 Å². The SMILES string of the molecule is COCCn1nnnc1[C@H](CC(C)C)N1CCN(C(=O)c2ccco2)CC1. The number of aromatic nitrogens is 4. The molecule has 0 aliphatic carbocycles. The molecule has 0 bridgehead atoms. The standard InChI is InChI=1S/C18H28N6O3/c1-14(2)13-15(17-19-20-21-24(17)10-12-26-3)22-6-8-23(9-7-22)18(25)16-5-4-11-27-16/h4-5,11,14-15H,6-10,12-13H2,1-3H3/t15-/m0/s1. The molecule has 1 fully saturated rings. The molecule has 0 unspecified atom stereocenters. The molecular weight excluding hydrogens is 348 g/mol. The van der Waals surface area contributed by atoms with Gasteiger partial charge in [-0.3, -0.25) is 9.69 Å². The van der Waals surface area contributed by atoms with Crippen LogP contribution in [0.15, 0.2) is 22.8 Å². The number of nitrogens with zero attached hydrogens (tertiary/aromatic N) is 6. The van der Waals surface area contributed by atoms with E-state index in [0.29, 0.717) is 37.9 Å². The van der Waals surface area contributed by atoms with Gasteiger partial charge in [-0.2, -0.15) is 0 Å². The third-order valence-corrected chi connectivity index (χ3v) is 4.83. The highest BCUT2D eigenvalue weighted by atomic mass is 16.5. The Morgan fingerprint density at radius 1 is 1.30 bits per heavy atom. The fourth-order valence-corrected chi connectivity index (χ4v) is 3.44. The van der Waals surface area contributed by atoms with Gasteiger partial charge in [0, 0.05) is 33.3 Å². The Morgan fingerprint density at radius 3 is 2.70 bits per heavy atom. The van der Waals surface area contributed by atoms with Crippen molar-refractivity contribution in [1.29, 1.82) is 0 Å². The van der Waals surface area contributed by atoms with E-state index in [1.165, 1.54) is 6.26 Å². The van der Waals surface area contributed by atoms with Gasteiger partial charge in [0.15, 0.2) is 11.6 Å². The maximum atomic E-state index is 12.5. The number of hydrogen-bond donors (Lipinski definition) is 0. The van der Waals surface area contributed by atoms with Gasteiger partial charge in [0.2, 0.25) is 0 Å². The predicted molar refractivity (Wildman–Crippen MR) is 98.1 cm³/mol. The zero-order valence-corrected chi connectivity index (χ0v) is 16.2. The molecule has 27 heavy (non-hydrogen) atoms. The van der Waals surface area contributed by atoms with Gasteiger partial charge < -0.3 is 14.1 Å². The highest BCUT2D eigenvalue weighted by molar-refractivity contribution is 5.91. The van der Waals surface area contributed by atoms with Gasteiger partial charge in [0.05, 0.1) is 25.5 Å². The lowest BCUT2D eigenvalue weighted by Crippen LogP contribution is -2.50. The first-order chi connectivity index (χ1) is 13.1. The van der Waals surface area contributed by atoms with Gasteiger partial charge in [0.1, 0.15) is 0 Å². The zero-order chi connectivity index (χ0) is 19.2. The Bertz CT molecular complexity index is 707. The van der Waals surface area contributed by atoms with Crippen molar-refractivity contribution in [2.45, 2.75) is 32.9 Å². The number of ether oxygens (including phenoxy) is 1. The number of piperazine rings is 1. The second-order valence-corrected chi connectivity index (χ2v) is 7.20. The summed E-state index contributed by atoms with van der Waals surface area (Å²) in [6, 6.07) is 3.57. The summed E-state index contributed by atoms with van der Waals surface area (Å²) >= 11 is 0. The van der Waals surface area contributed by atoms with Crippen LogP contribution in [0.25, 0.3) is 0 Å².